The Morgan fingerprint density at radius 2 is 2.19 bits per heavy atom. The van der Waals surface area contributed by atoms with Gasteiger partial charge in [-0.15, -0.1) is 0 Å². The summed E-state index contributed by atoms with van der Waals surface area (Å²) in [5, 5.41) is 0.201. The van der Waals surface area contributed by atoms with E-state index < -0.39 is 23.7 Å². The molecule has 2 aliphatic rings. The summed E-state index contributed by atoms with van der Waals surface area (Å²) in [5.74, 6) is -0.859. The molecule has 0 saturated heterocycles. The molecule has 1 aliphatic heterocycles. The maximum atomic E-state index is 13.6. The summed E-state index contributed by atoms with van der Waals surface area (Å²) in [4.78, 5) is 21.1. The Labute approximate surface area is 163 Å². The van der Waals surface area contributed by atoms with Crippen LogP contribution in [-0.4, -0.2) is 24.3 Å². The first-order valence-corrected chi connectivity index (χ1v) is 9.60. The molecule has 0 aromatic heterocycles. The zero-order valence-corrected chi connectivity index (χ0v) is 16.2. The van der Waals surface area contributed by atoms with Crippen molar-refractivity contribution >= 4 is 23.3 Å². The van der Waals surface area contributed by atoms with Gasteiger partial charge < -0.3 is 9.58 Å². The standard InChI is InChI=1S/C21H22ClFN2O2/c1-4-27-21(26)19-17(10-7-13-5-6-13)25-12(2)20(24-3)18(19)15-9-8-14(23)11-16(15)22/h8-9,11,13,18,20H,4-7,10H2,1-2H3. The summed E-state index contributed by atoms with van der Waals surface area (Å²) in [6, 6.07) is 3.40. The molecular weight excluding hydrogens is 367 g/mol. The van der Waals surface area contributed by atoms with Crippen molar-refractivity contribution in [1.82, 2.24) is 0 Å². The number of carbonyl (C=O) groups is 1. The van der Waals surface area contributed by atoms with Crippen molar-refractivity contribution in [3.63, 3.8) is 0 Å². The molecule has 0 bridgehead atoms. The van der Waals surface area contributed by atoms with Gasteiger partial charge in [0.2, 0.25) is 0 Å². The lowest BCUT2D eigenvalue weighted by molar-refractivity contribution is -0.139. The van der Waals surface area contributed by atoms with Crippen LogP contribution in [0.5, 0.6) is 0 Å². The first kappa shape index (κ1) is 19.6. The Balaban J connectivity index is 2.12. The molecule has 1 heterocycles. The van der Waals surface area contributed by atoms with Gasteiger partial charge in [0.25, 0.3) is 6.04 Å². The van der Waals surface area contributed by atoms with Crippen molar-refractivity contribution in [3.8, 4) is 0 Å². The van der Waals surface area contributed by atoms with Gasteiger partial charge in [0, 0.05) is 5.02 Å². The molecule has 2 atom stereocenters. The number of esters is 1. The van der Waals surface area contributed by atoms with Gasteiger partial charge in [-0.05, 0) is 50.3 Å². The van der Waals surface area contributed by atoms with Gasteiger partial charge in [-0.25, -0.2) is 15.8 Å². The van der Waals surface area contributed by atoms with E-state index in [1.165, 1.54) is 25.0 Å². The van der Waals surface area contributed by atoms with Crippen LogP contribution in [0.3, 0.4) is 0 Å². The molecule has 0 N–H and O–H groups in total. The number of allylic oxidation sites excluding steroid dienone is 1. The Bertz CT molecular complexity index is 852. The van der Waals surface area contributed by atoms with Gasteiger partial charge >= 0.3 is 5.97 Å². The third-order valence-corrected chi connectivity index (χ3v) is 5.42. The van der Waals surface area contributed by atoms with Gasteiger partial charge in [-0.3, -0.25) is 4.99 Å². The number of halogens is 2. The molecule has 0 spiro atoms. The fourth-order valence-corrected chi connectivity index (χ4v) is 3.84. The van der Waals surface area contributed by atoms with E-state index in [0.717, 1.165) is 6.42 Å². The number of carbonyl (C=O) groups excluding carboxylic acids is 1. The SMILES string of the molecule is [C-]#[N+]C1C(C)=NC(CCC2CC2)=C(C(=O)OCC)C1c1ccc(F)cc1Cl. The molecule has 1 fully saturated rings. The monoisotopic (exact) mass is 388 g/mol. The Hall–Kier alpha value is -2.19. The van der Waals surface area contributed by atoms with Gasteiger partial charge in [-0.2, -0.15) is 0 Å². The van der Waals surface area contributed by atoms with Crippen LogP contribution in [0.25, 0.3) is 4.85 Å². The van der Waals surface area contributed by atoms with Gasteiger partial charge in [0.05, 0.1) is 23.6 Å². The quantitative estimate of drug-likeness (QED) is 0.488. The molecule has 4 nitrogen and oxygen atoms in total. The van der Waals surface area contributed by atoms with Gasteiger partial charge in [-0.1, -0.05) is 30.5 Å². The van der Waals surface area contributed by atoms with Crippen molar-refractivity contribution in [2.75, 3.05) is 6.61 Å². The zero-order chi connectivity index (χ0) is 19.6. The Kier molecular flexibility index (Phi) is 5.96. The molecule has 1 aromatic rings. The Morgan fingerprint density at radius 1 is 1.44 bits per heavy atom. The summed E-state index contributed by atoms with van der Waals surface area (Å²) >= 11 is 6.31. The van der Waals surface area contributed by atoms with Crippen molar-refractivity contribution in [1.29, 1.82) is 0 Å². The first-order chi connectivity index (χ1) is 13.0. The lowest BCUT2D eigenvalue weighted by atomic mass is 9.79. The van der Waals surface area contributed by atoms with Crippen molar-refractivity contribution in [2.45, 2.75) is 51.5 Å². The van der Waals surface area contributed by atoms with Crippen LogP contribution in [0.15, 0.2) is 34.5 Å². The third kappa shape index (κ3) is 4.22. The number of hydrogen-bond donors (Lipinski definition) is 0. The minimum Gasteiger partial charge on any atom is -0.463 e. The number of ether oxygens (including phenoxy) is 1. The smallest absolute Gasteiger partial charge is 0.336 e. The average Bonchev–Trinajstić information content (AvgIpc) is 3.44. The fourth-order valence-electron chi connectivity index (χ4n) is 3.56. The topological polar surface area (TPSA) is 43.0 Å². The van der Waals surface area contributed by atoms with E-state index in [0.29, 0.717) is 34.9 Å². The van der Waals surface area contributed by atoms with Gasteiger partial charge in [0.1, 0.15) is 11.7 Å². The molecule has 1 aromatic carbocycles. The largest absolute Gasteiger partial charge is 0.463 e. The summed E-state index contributed by atoms with van der Waals surface area (Å²) in [5.41, 5.74) is 2.26. The highest BCUT2D eigenvalue weighted by atomic mass is 35.5. The summed E-state index contributed by atoms with van der Waals surface area (Å²) in [6.45, 7) is 11.4. The summed E-state index contributed by atoms with van der Waals surface area (Å²) in [6.07, 6.45) is 4.04. The van der Waals surface area contributed by atoms with Crippen molar-refractivity contribution in [3.05, 3.63) is 57.3 Å². The highest BCUT2D eigenvalue weighted by molar-refractivity contribution is 6.31. The number of benzene rings is 1. The van der Waals surface area contributed by atoms with E-state index in [9.17, 15) is 9.18 Å². The second-order valence-corrected chi connectivity index (χ2v) is 7.44. The van der Waals surface area contributed by atoms with Crippen molar-refractivity contribution in [2.24, 2.45) is 10.9 Å². The fraction of sp³-hybridized carbons (Fsp3) is 0.476. The lowest BCUT2D eigenvalue weighted by Gasteiger charge is -2.27. The number of aliphatic imine (C=N–C) groups is 1. The minimum absolute atomic E-state index is 0.201. The normalized spacial score (nSPS) is 22.3. The molecule has 0 radical (unpaired) electrons. The van der Waals surface area contributed by atoms with E-state index in [4.69, 9.17) is 22.9 Å². The van der Waals surface area contributed by atoms with Crippen LogP contribution >= 0.6 is 11.6 Å². The van der Waals surface area contributed by atoms with Crippen LogP contribution in [0.2, 0.25) is 5.02 Å². The van der Waals surface area contributed by atoms with E-state index in [1.54, 1.807) is 19.9 Å². The molecule has 142 valence electrons. The summed E-state index contributed by atoms with van der Waals surface area (Å²) < 4.78 is 18.9. The second-order valence-electron chi connectivity index (χ2n) is 7.03. The van der Waals surface area contributed by atoms with Crippen LogP contribution in [0, 0.1) is 18.3 Å². The van der Waals surface area contributed by atoms with Crippen LogP contribution < -0.4 is 0 Å². The lowest BCUT2D eigenvalue weighted by Crippen LogP contribution is -2.33. The molecule has 0 amide bonds. The number of rotatable bonds is 6. The first-order valence-electron chi connectivity index (χ1n) is 9.23. The highest BCUT2D eigenvalue weighted by Gasteiger charge is 2.43. The highest BCUT2D eigenvalue weighted by Crippen LogP contribution is 2.43. The predicted octanol–water partition coefficient (Wildman–Crippen LogP) is 5.33. The summed E-state index contributed by atoms with van der Waals surface area (Å²) in [7, 11) is 0. The predicted molar refractivity (Wildman–Crippen MR) is 103 cm³/mol. The number of nitrogens with zero attached hydrogens (tertiary/aromatic N) is 2. The van der Waals surface area contributed by atoms with Crippen LogP contribution in [0.4, 0.5) is 4.39 Å². The molecule has 1 aliphatic carbocycles. The second kappa shape index (κ2) is 8.22. The molecule has 6 heteroatoms. The molecule has 27 heavy (non-hydrogen) atoms. The molecular formula is C21H22ClFN2O2. The maximum absolute atomic E-state index is 13.6. The van der Waals surface area contributed by atoms with Crippen molar-refractivity contribution < 1.29 is 13.9 Å². The molecule has 2 unspecified atom stereocenters. The maximum Gasteiger partial charge on any atom is 0.336 e. The molecule has 3 rings (SSSR count). The number of hydrogen-bond acceptors (Lipinski definition) is 3. The van der Waals surface area contributed by atoms with E-state index in [1.807, 2.05) is 0 Å². The minimum atomic E-state index is -0.669. The third-order valence-electron chi connectivity index (χ3n) is 5.10. The van der Waals surface area contributed by atoms with E-state index in [-0.39, 0.29) is 11.6 Å². The van der Waals surface area contributed by atoms with E-state index in [2.05, 4.69) is 9.84 Å². The van der Waals surface area contributed by atoms with E-state index >= 15 is 0 Å². The average molecular weight is 389 g/mol. The van der Waals surface area contributed by atoms with Gasteiger partial charge in [0.15, 0.2) is 0 Å². The Morgan fingerprint density at radius 3 is 2.78 bits per heavy atom. The van der Waals surface area contributed by atoms with Crippen LogP contribution in [0.1, 0.15) is 51.0 Å². The molecule has 1 saturated carbocycles. The van der Waals surface area contributed by atoms with Crippen LogP contribution in [-0.2, 0) is 9.53 Å². The zero-order valence-electron chi connectivity index (χ0n) is 15.5.